The van der Waals surface area contributed by atoms with Crippen LogP contribution in [0.3, 0.4) is 0 Å². The van der Waals surface area contributed by atoms with Crippen molar-refractivity contribution >= 4 is 11.9 Å². The van der Waals surface area contributed by atoms with Crippen LogP contribution in [0.5, 0.6) is 0 Å². The van der Waals surface area contributed by atoms with Crippen LogP contribution in [0.1, 0.15) is 33.6 Å². The van der Waals surface area contributed by atoms with Crippen LogP contribution >= 0.6 is 0 Å². The van der Waals surface area contributed by atoms with Crippen molar-refractivity contribution in [2.75, 3.05) is 13.1 Å². The van der Waals surface area contributed by atoms with Gasteiger partial charge in [-0.25, -0.2) is 0 Å². The minimum Gasteiger partial charge on any atom is -0.481 e. The average molecular weight is 239 g/mol. The minimum absolute atomic E-state index is 0.0500. The zero-order valence-electron chi connectivity index (χ0n) is 10.8. The monoisotopic (exact) mass is 239 g/mol. The lowest BCUT2D eigenvalue weighted by Crippen LogP contribution is -2.40. The van der Waals surface area contributed by atoms with Crippen LogP contribution in [0.15, 0.2) is 0 Å². The maximum atomic E-state index is 12.3. The van der Waals surface area contributed by atoms with Gasteiger partial charge >= 0.3 is 5.97 Å². The second kappa shape index (κ2) is 4.00. The molecule has 4 heteroatoms. The Balaban J connectivity index is 2.04. The predicted octanol–water partition coefficient (Wildman–Crippen LogP) is 1.60. The van der Waals surface area contributed by atoms with E-state index in [1.54, 1.807) is 0 Å². The SMILES string of the molecule is C[C@H]1CCCN(C(=O)[C@H]2[C@H](C(=O)O)C2(C)C)C1. The molecule has 96 valence electrons. The second-order valence-electron chi connectivity index (χ2n) is 6.15. The smallest absolute Gasteiger partial charge is 0.307 e. The van der Waals surface area contributed by atoms with Crippen molar-refractivity contribution in [1.82, 2.24) is 4.90 Å². The molecule has 1 N–H and O–H groups in total. The lowest BCUT2D eigenvalue weighted by molar-refractivity contribution is -0.142. The van der Waals surface area contributed by atoms with Gasteiger partial charge in [-0.1, -0.05) is 20.8 Å². The molecular formula is C13H21NO3. The molecule has 17 heavy (non-hydrogen) atoms. The van der Waals surface area contributed by atoms with Gasteiger partial charge in [0.25, 0.3) is 0 Å². The first kappa shape index (κ1) is 12.4. The summed E-state index contributed by atoms with van der Waals surface area (Å²) in [6, 6.07) is 0. The van der Waals surface area contributed by atoms with E-state index in [-0.39, 0.29) is 17.2 Å². The van der Waals surface area contributed by atoms with Gasteiger partial charge in [-0.3, -0.25) is 9.59 Å². The number of amides is 1. The largest absolute Gasteiger partial charge is 0.481 e. The third kappa shape index (κ3) is 2.05. The minimum atomic E-state index is -0.835. The summed E-state index contributed by atoms with van der Waals surface area (Å²) in [5.41, 5.74) is -0.371. The van der Waals surface area contributed by atoms with E-state index in [2.05, 4.69) is 6.92 Å². The number of nitrogens with zero attached hydrogens (tertiary/aromatic N) is 1. The number of hydrogen-bond acceptors (Lipinski definition) is 2. The number of likely N-dealkylation sites (tertiary alicyclic amines) is 1. The van der Waals surface area contributed by atoms with Crippen molar-refractivity contribution in [1.29, 1.82) is 0 Å². The van der Waals surface area contributed by atoms with Crippen molar-refractivity contribution in [2.24, 2.45) is 23.2 Å². The highest BCUT2D eigenvalue weighted by atomic mass is 16.4. The molecule has 2 aliphatic rings. The quantitative estimate of drug-likeness (QED) is 0.796. The van der Waals surface area contributed by atoms with Crippen molar-refractivity contribution in [3.05, 3.63) is 0 Å². The van der Waals surface area contributed by atoms with Crippen LogP contribution in [0, 0.1) is 23.2 Å². The van der Waals surface area contributed by atoms with Crippen molar-refractivity contribution in [3.63, 3.8) is 0 Å². The fraction of sp³-hybridized carbons (Fsp3) is 0.846. The molecule has 4 nitrogen and oxygen atoms in total. The normalized spacial score (nSPS) is 35.5. The molecule has 1 heterocycles. The molecule has 1 aliphatic heterocycles. The third-order valence-corrected chi connectivity index (χ3v) is 4.33. The van der Waals surface area contributed by atoms with Gasteiger partial charge in [0.15, 0.2) is 0 Å². The standard InChI is InChI=1S/C13H21NO3/c1-8-5-4-6-14(7-8)11(15)9-10(12(16)17)13(9,2)3/h8-10H,4-7H2,1-3H3,(H,16,17)/t8-,9+,10+/m0/s1. The summed E-state index contributed by atoms with van der Waals surface area (Å²) in [6.45, 7) is 7.48. The maximum absolute atomic E-state index is 12.3. The Morgan fingerprint density at radius 1 is 1.29 bits per heavy atom. The zero-order valence-corrected chi connectivity index (χ0v) is 10.8. The Labute approximate surface area is 102 Å². The van der Waals surface area contributed by atoms with Crippen LogP contribution in [-0.4, -0.2) is 35.0 Å². The van der Waals surface area contributed by atoms with Crippen LogP contribution in [-0.2, 0) is 9.59 Å². The average Bonchev–Trinajstić information content (AvgIpc) is 2.80. The lowest BCUT2D eigenvalue weighted by Gasteiger charge is -2.31. The van der Waals surface area contributed by atoms with Gasteiger partial charge in [-0.15, -0.1) is 0 Å². The lowest BCUT2D eigenvalue weighted by atomic mass is 9.99. The van der Waals surface area contributed by atoms with E-state index in [1.165, 1.54) is 6.42 Å². The van der Waals surface area contributed by atoms with Gasteiger partial charge in [-0.05, 0) is 24.2 Å². The van der Waals surface area contributed by atoms with E-state index in [1.807, 2.05) is 18.7 Å². The van der Waals surface area contributed by atoms with E-state index < -0.39 is 11.9 Å². The van der Waals surface area contributed by atoms with Gasteiger partial charge < -0.3 is 10.0 Å². The molecule has 0 bridgehead atoms. The highest BCUT2D eigenvalue weighted by Gasteiger charge is 2.66. The third-order valence-electron chi connectivity index (χ3n) is 4.33. The van der Waals surface area contributed by atoms with Crippen LogP contribution in [0.2, 0.25) is 0 Å². The molecule has 0 spiro atoms. The zero-order chi connectivity index (χ0) is 12.8. The van der Waals surface area contributed by atoms with E-state index in [4.69, 9.17) is 5.11 Å². The Morgan fingerprint density at radius 2 is 1.94 bits per heavy atom. The van der Waals surface area contributed by atoms with E-state index in [0.717, 1.165) is 19.5 Å². The molecule has 1 aliphatic carbocycles. The van der Waals surface area contributed by atoms with Crippen LogP contribution < -0.4 is 0 Å². The second-order valence-corrected chi connectivity index (χ2v) is 6.15. The number of carbonyl (C=O) groups excluding carboxylic acids is 1. The van der Waals surface area contributed by atoms with Gasteiger partial charge in [0.1, 0.15) is 0 Å². The van der Waals surface area contributed by atoms with Gasteiger partial charge in [0.2, 0.25) is 5.91 Å². The Morgan fingerprint density at radius 3 is 2.41 bits per heavy atom. The summed E-state index contributed by atoms with van der Waals surface area (Å²) in [5.74, 6) is -1.05. The molecule has 3 atom stereocenters. The number of aliphatic carboxylic acids is 1. The van der Waals surface area contributed by atoms with Gasteiger partial charge in [-0.2, -0.15) is 0 Å². The molecule has 1 saturated carbocycles. The Bertz CT molecular complexity index is 351. The molecule has 1 saturated heterocycles. The Kier molecular flexibility index (Phi) is 2.92. The highest BCUT2D eigenvalue weighted by Crippen LogP contribution is 2.59. The van der Waals surface area contributed by atoms with E-state index >= 15 is 0 Å². The molecule has 0 aromatic rings. The van der Waals surface area contributed by atoms with Gasteiger partial charge in [0.05, 0.1) is 11.8 Å². The predicted molar refractivity (Wildman–Crippen MR) is 63.4 cm³/mol. The number of carbonyl (C=O) groups is 2. The molecule has 0 aromatic carbocycles. The number of carboxylic acid groups (broad SMARTS) is 1. The van der Waals surface area contributed by atoms with Crippen molar-refractivity contribution in [3.8, 4) is 0 Å². The summed E-state index contributed by atoms with van der Waals surface area (Å²) in [5, 5.41) is 9.09. The highest BCUT2D eigenvalue weighted by molar-refractivity contribution is 5.91. The van der Waals surface area contributed by atoms with Crippen LogP contribution in [0.25, 0.3) is 0 Å². The summed E-state index contributed by atoms with van der Waals surface area (Å²) in [6.07, 6.45) is 2.21. The number of carboxylic acids is 1. The van der Waals surface area contributed by atoms with Crippen molar-refractivity contribution in [2.45, 2.75) is 33.6 Å². The Hall–Kier alpha value is -1.06. The number of piperidine rings is 1. The summed E-state index contributed by atoms with van der Waals surface area (Å²) < 4.78 is 0. The maximum Gasteiger partial charge on any atom is 0.307 e. The summed E-state index contributed by atoms with van der Waals surface area (Å²) >= 11 is 0. The van der Waals surface area contributed by atoms with Gasteiger partial charge in [0, 0.05) is 13.1 Å². The summed E-state index contributed by atoms with van der Waals surface area (Å²) in [4.78, 5) is 25.2. The molecule has 0 aromatic heterocycles. The van der Waals surface area contributed by atoms with Crippen molar-refractivity contribution < 1.29 is 14.7 Å². The molecule has 0 unspecified atom stereocenters. The molecule has 1 amide bonds. The molecule has 0 radical (unpaired) electrons. The fourth-order valence-corrected chi connectivity index (χ4v) is 3.15. The molecule has 2 fully saturated rings. The number of rotatable bonds is 2. The first-order valence-corrected chi connectivity index (χ1v) is 6.37. The van der Waals surface area contributed by atoms with E-state index in [0.29, 0.717) is 5.92 Å². The fourth-order valence-electron chi connectivity index (χ4n) is 3.15. The van der Waals surface area contributed by atoms with Crippen LogP contribution in [0.4, 0.5) is 0 Å². The first-order valence-electron chi connectivity index (χ1n) is 6.37. The molecule has 2 rings (SSSR count). The van der Waals surface area contributed by atoms with E-state index in [9.17, 15) is 9.59 Å². The first-order chi connectivity index (χ1) is 7.85. The number of hydrogen-bond donors (Lipinski definition) is 1. The molecular weight excluding hydrogens is 218 g/mol. The summed E-state index contributed by atoms with van der Waals surface area (Å²) in [7, 11) is 0. The topological polar surface area (TPSA) is 57.6 Å².